The lowest BCUT2D eigenvalue weighted by molar-refractivity contribution is -0.507. The van der Waals surface area contributed by atoms with Crippen molar-refractivity contribution in [1.82, 2.24) is 0 Å². The van der Waals surface area contributed by atoms with Crippen molar-refractivity contribution < 1.29 is 9.31 Å². The van der Waals surface area contributed by atoms with Gasteiger partial charge >= 0.3 is 0 Å². The van der Waals surface area contributed by atoms with Crippen molar-refractivity contribution in [3.05, 3.63) is 22.4 Å². The van der Waals surface area contributed by atoms with Crippen molar-refractivity contribution in [3.8, 4) is 0 Å². The third-order valence-electron chi connectivity index (χ3n) is 1.16. The summed E-state index contributed by atoms with van der Waals surface area (Å²) < 4.78 is 12.5. The average Bonchev–Trinajstić information content (AvgIpc) is 1.88. The zero-order chi connectivity index (χ0) is 7.56. The molecule has 10 heavy (non-hydrogen) atoms. The van der Waals surface area contributed by atoms with Crippen molar-refractivity contribution in [2.75, 3.05) is 0 Å². The van der Waals surface area contributed by atoms with Gasteiger partial charge in [-0.1, -0.05) is 0 Å². The van der Waals surface area contributed by atoms with E-state index in [9.17, 15) is 14.5 Å². The van der Waals surface area contributed by atoms with Crippen molar-refractivity contribution in [2.24, 2.45) is 4.99 Å². The van der Waals surface area contributed by atoms with E-state index >= 15 is 0 Å². The first-order chi connectivity index (χ1) is 4.72. The van der Waals surface area contributed by atoms with Gasteiger partial charge in [0.05, 0.1) is 6.21 Å². The summed E-state index contributed by atoms with van der Waals surface area (Å²) in [4.78, 5) is 12.8. The summed E-state index contributed by atoms with van der Waals surface area (Å²) in [5.41, 5.74) is 0. The highest BCUT2D eigenvalue weighted by molar-refractivity contribution is 5.66. The van der Waals surface area contributed by atoms with Crippen molar-refractivity contribution in [1.29, 1.82) is 0 Å². The molecule has 1 aliphatic heterocycles. The molecular formula is C5H5FN2O2. The maximum absolute atomic E-state index is 12.5. The second-order valence-electron chi connectivity index (χ2n) is 1.86. The lowest BCUT2D eigenvalue weighted by Crippen LogP contribution is -2.32. The molecule has 5 heteroatoms. The predicted octanol–water partition coefficient (Wildman–Crippen LogP) is 0.568. The van der Waals surface area contributed by atoms with Crippen LogP contribution >= 0.6 is 0 Å². The molecule has 0 saturated heterocycles. The first-order valence-corrected chi connectivity index (χ1v) is 2.69. The molecule has 0 bridgehead atoms. The molecule has 2 unspecified atom stereocenters. The van der Waals surface area contributed by atoms with E-state index in [0.29, 0.717) is 0 Å². The first-order valence-electron chi connectivity index (χ1n) is 2.69. The number of hydrogen-bond acceptors (Lipinski definition) is 3. The first kappa shape index (κ1) is 6.85. The summed E-state index contributed by atoms with van der Waals surface area (Å²) in [6.45, 7) is 0. The number of nitrogens with zero attached hydrogens (tertiary/aromatic N) is 2. The number of rotatable bonds is 1. The molecule has 0 saturated carbocycles. The van der Waals surface area contributed by atoms with E-state index < -0.39 is 17.1 Å². The third-order valence-corrected chi connectivity index (χ3v) is 1.16. The zero-order valence-corrected chi connectivity index (χ0v) is 4.98. The van der Waals surface area contributed by atoms with E-state index in [4.69, 9.17) is 0 Å². The van der Waals surface area contributed by atoms with E-state index in [0.717, 1.165) is 12.3 Å². The van der Waals surface area contributed by atoms with Crippen LogP contribution in [0, 0.1) is 10.1 Å². The molecule has 0 aromatic rings. The van der Waals surface area contributed by atoms with E-state index in [-0.39, 0.29) is 0 Å². The summed E-state index contributed by atoms with van der Waals surface area (Å²) in [5, 5.41) is 10.0. The van der Waals surface area contributed by atoms with Crippen molar-refractivity contribution >= 4 is 6.21 Å². The second-order valence-corrected chi connectivity index (χ2v) is 1.86. The van der Waals surface area contributed by atoms with Gasteiger partial charge in [0.15, 0.2) is 6.17 Å². The third kappa shape index (κ3) is 1.18. The molecule has 0 N–H and O–H groups in total. The minimum Gasteiger partial charge on any atom is -0.264 e. The van der Waals surface area contributed by atoms with Crippen LogP contribution in [0.1, 0.15) is 0 Å². The highest BCUT2D eigenvalue weighted by Gasteiger charge is 2.28. The molecule has 0 aromatic carbocycles. The maximum atomic E-state index is 12.5. The summed E-state index contributed by atoms with van der Waals surface area (Å²) in [7, 11) is 0. The van der Waals surface area contributed by atoms with Gasteiger partial charge in [0.2, 0.25) is 0 Å². The van der Waals surface area contributed by atoms with Crippen LogP contribution in [0.2, 0.25) is 0 Å². The van der Waals surface area contributed by atoms with Gasteiger partial charge in [0.25, 0.3) is 6.04 Å². The molecule has 1 heterocycles. The standard InChI is InChI=1S/C5H5FN2O2/c6-4-1-2-7-3-5(4)8(9)10/h1-5H. The van der Waals surface area contributed by atoms with Crippen LogP contribution in [0.25, 0.3) is 0 Å². The molecule has 54 valence electrons. The monoisotopic (exact) mass is 144 g/mol. The largest absolute Gasteiger partial charge is 0.282 e. The van der Waals surface area contributed by atoms with Gasteiger partial charge in [0, 0.05) is 11.1 Å². The molecule has 1 aliphatic rings. The second kappa shape index (κ2) is 2.55. The Morgan fingerprint density at radius 1 is 1.70 bits per heavy atom. The van der Waals surface area contributed by atoms with E-state index in [1.165, 1.54) is 6.20 Å². The molecule has 4 nitrogen and oxygen atoms in total. The van der Waals surface area contributed by atoms with Crippen LogP contribution in [0.5, 0.6) is 0 Å². The number of alkyl halides is 1. The quantitative estimate of drug-likeness (QED) is 0.399. The normalized spacial score (nSPS) is 30.5. The Morgan fingerprint density at radius 3 is 2.80 bits per heavy atom. The van der Waals surface area contributed by atoms with Crippen LogP contribution in [0.15, 0.2) is 17.3 Å². The summed E-state index contributed by atoms with van der Waals surface area (Å²) in [6, 6.07) is -1.30. The highest BCUT2D eigenvalue weighted by Crippen LogP contribution is 2.06. The number of hydrogen-bond donors (Lipinski definition) is 0. The minimum absolute atomic E-state index is 0.697. The van der Waals surface area contributed by atoms with Gasteiger partial charge in [-0.25, -0.2) is 4.39 Å². The Morgan fingerprint density at radius 2 is 2.40 bits per heavy atom. The Hall–Kier alpha value is -1.26. The molecular weight excluding hydrogens is 139 g/mol. The summed E-state index contributed by atoms with van der Waals surface area (Å²) >= 11 is 0. The van der Waals surface area contributed by atoms with Gasteiger partial charge in [-0.3, -0.25) is 15.1 Å². The predicted molar refractivity (Wildman–Crippen MR) is 33.3 cm³/mol. The zero-order valence-electron chi connectivity index (χ0n) is 4.98. The number of nitro groups is 1. The molecule has 2 atom stereocenters. The average molecular weight is 144 g/mol. The van der Waals surface area contributed by atoms with Gasteiger partial charge in [0.1, 0.15) is 0 Å². The Kier molecular flexibility index (Phi) is 1.75. The topological polar surface area (TPSA) is 55.5 Å². The Bertz CT molecular complexity index is 202. The smallest absolute Gasteiger partial charge is 0.264 e. The van der Waals surface area contributed by atoms with Crippen LogP contribution in [0.4, 0.5) is 4.39 Å². The van der Waals surface area contributed by atoms with Crippen LogP contribution in [0.3, 0.4) is 0 Å². The molecule has 0 amide bonds. The fraction of sp³-hybridized carbons (Fsp3) is 0.400. The van der Waals surface area contributed by atoms with Gasteiger partial charge in [-0.2, -0.15) is 0 Å². The van der Waals surface area contributed by atoms with Crippen LogP contribution in [-0.4, -0.2) is 23.4 Å². The maximum Gasteiger partial charge on any atom is 0.282 e. The molecule has 0 radical (unpaired) electrons. The lowest BCUT2D eigenvalue weighted by Gasteiger charge is -2.07. The minimum atomic E-state index is -1.53. The number of aliphatic imine (C=N–C) groups is 1. The Balaban J connectivity index is 2.70. The molecule has 0 aromatic heterocycles. The van der Waals surface area contributed by atoms with E-state index in [2.05, 4.69) is 4.99 Å². The van der Waals surface area contributed by atoms with Crippen LogP contribution in [-0.2, 0) is 0 Å². The highest BCUT2D eigenvalue weighted by atomic mass is 19.1. The SMILES string of the molecule is O=[N+]([O-])C1C=NC=CC1F. The van der Waals surface area contributed by atoms with Gasteiger partial charge in [-0.05, 0) is 6.08 Å². The van der Waals surface area contributed by atoms with Gasteiger partial charge in [-0.15, -0.1) is 0 Å². The molecule has 0 spiro atoms. The van der Waals surface area contributed by atoms with Gasteiger partial charge < -0.3 is 0 Å². The van der Waals surface area contributed by atoms with E-state index in [1.54, 1.807) is 0 Å². The van der Waals surface area contributed by atoms with E-state index in [1.807, 2.05) is 0 Å². The molecule has 0 fully saturated rings. The summed E-state index contributed by atoms with van der Waals surface area (Å²) in [6.07, 6.45) is 1.73. The summed E-state index contributed by atoms with van der Waals surface area (Å²) in [5.74, 6) is 0. The fourth-order valence-electron chi connectivity index (χ4n) is 0.637. The molecule has 1 rings (SSSR count). The molecule has 0 aliphatic carbocycles. The van der Waals surface area contributed by atoms with Crippen LogP contribution < -0.4 is 0 Å². The van der Waals surface area contributed by atoms with Crippen molar-refractivity contribution in [2.45, 2.75) is 12.2 Å². The van der Waals surface area contributed by atoms with Crippen molar-refractivity contribution in [3.63, 3.8) is 0 Å². The fourth-order valence-corrected chi connectivity index (χ4v) is 0.637. The lowest BCUT2D eigenvalue weighted by atomic mass is 10.2. The Labute approximate surface area is 56.2 Å². The number of halogens is 1.